The Hall–Kier alpha value is -3.22. The van der Waals surface area contributed by atoms with E-state index >= 15 is 0 Å². The predicted octanol–water partition coefficient (Wildman–Crippen LogP) is 3.74. The summed E-state index contributed by atoms with van der Waals surface area (Å²) in [4.78, 5) is 28.4. The topological polar surface area (TPSA) is 81.7 Å². The fourth-order valence-electron chi connectivity index (χ4n) is 4.71. The molecule has 1 aliphatic rings. The maximum atomic E-state index is 13.2. The lowest BCUT2D eigenvalue weighted by Gasteiger charge is -2.37. The molecule has 6 heteroatoms. The van der Waals surface area contributed by atoms with Crippen LogP contribution < -0.4 is 10.6 Å². The van der Waals surface area contributed by atoms with E-state index in [9.17, 15) is 14.7 Å². The average Bonchev–Trinajstić information content (AvgIpc) is 2.85. The number of aliphatic hydroxyl groups excluding tert-OH is 1. The van der Waals surface area contributed by atoms with Crippen molar-refractivity contribution in [2.45, 2.75) is 51.4 Å². The Balaban J connectivity index is 1.37. The zero-order valence-electron chi connectivity index (χ0n) is 20.5. The van der Waals surface area contributed by atoms with Crippen molar-refractivity contribution in [2.75, 3.05) is 13.1 Å². The fraction of sp³-hybridized carbons (Fsp3) is 0.379. The van der Waals surface area contributed by atoms with Gasteiger partial charge in [-0.2, -0.15) is 0 Å². The summed E-state index contributed by atoms with van der Waals surface area (Å²) in [5.41, 5.74) is 1.73. The Labute approximate surface area is 207 Å². The molecular weight excluding hydrogens is 438 g/mol. The van der Waals surface area contributed by atoms with Gasteiger partial charge >= 0.3 is 0 Å². The minimum atomic E-state index is -0.663. The predicted molar refractivity (Wildman–Crippen MR) is 139 cm³/mol. The van der Waals surface area contributed by atoms with E-state index in [1.54, 1.807) is 6.07 Å². The highest BCUT2D eigenvalue weighted by atomic mass is 16.3. The number of β-amino-alcohol motifs (C(OH)–C–C–N with tert-alkyl or cyclic N) is 1. The Kier molecular flexibility index (Phi) is 8.16. The first-order valence-corrected chi connectivity index (χ1v) is 12.4. The maximum Gasteiger partial charge on any atom is 0.251 e. The highest BCUT2D eigenvalue weighted by Gasteiger charge is 2.31. The molecule has 0 aromatic heterocycles. The van der Waals surface area contributed by atoms with Crippen LogP contribution in [0.15, 0.2) is 72.8 Å². The van der Waals surface area contributed by atoms with Crippen LogP contribution >= 0.6 is 0 Å². The summed E-state index contributed by atoms with van der Waals surface area (Å²) >= 11 is 0. The van der Waals surface area contributed by atoms with Crippen molar-refractivity contribution in [3.05, 3.63) is 83.9 Å². The second-order valence-electron chi connectivity index (χ2n) is 9.91. The van der Waals surface area contributed by atoms with Crippen LogP contribution in [0.4, 0.5) is 0 Å². The molecule has 1 fully saturated rings. The normalized spacial score (nSPS) is 19.4. The van der Waals surface area contributed by atoms with Gasteiger partial charge in [-0.25, -0.2) is 0 Å². The molecule has 1 saturated heterocycles. The molecule has 3 N–H and O–H groups in total. The van der Waals surface area contributed by atoms with Crippen LogP contribution in [-0.2, 0) is 11.3 Å². The summed E-state index contributed by atoms with van der Waals surface area (Å²) in [6.07, 6.45) is 0.522. The van der Waals surface area contributed by atoms with Gasteiger partial charge in [0.15, 0.2) is 0 Å². The molecule has 3 atom stereocenters. The lowest BCUT2D eigenvalue weighted by atomic mass is 9.98. The highest BCUT2D eigenvalue weighted by molar-refractivity contribution is 6.00. The van der Waals surface area contributed by atoms with Crippen molar-refractivity contribution in [3.63, 3.8) is 0 Å². The number of fused-ring (bicyclic) bond motifs is 1. The minimum Gasteiger partial charge on any atom is -0.390 e. The lowest BCUT2D eigenvalue weighted by Crippen LogP contribution is -2.57. The number of benzene rings is 3. The van der Waals surface area contributed by atoms with E-state index < -0.39 is 12.1 Å². The number of carbonyl (C=O) groups excluding carboxylic acids is 2. The Morgan fingerprint density at radius 1 is 1.00 bits per heavy atom. The number of amides is 2. The van der Waals surface area contributed by atoms with Gasteiger partial charge in [-0.15, -0.1) is 0 Å². The van der Waals surface area contributed by atoms with Crippen molar-refractivity contribution >= 4 is 22.6 Å². The first kappa shape index (κ1) is 24.9. The van der Waals surface area contributed by atoms with Crippen molar-refractivity contribution in [3.8, 4) is 0 Å². The number of likely N-dealkylation sites (tertiary alicyclic amines) is 1. The molecule has 0 bridgehead atoms. The first-order chi connectivity index (χ1) is 16.9. The Morgan fingerprint density at radius 3 is 2.43 bits per heavy atom. The number of hydrogen-bond donors (Lipinski definition) is 3. The van der Waals surface area contributed by atoms with Gasteiger partial charge in [0.2, 0.25) is 5.91 Å². The van der Waals surface area contributed by atoms with E-state index in [0.717, 1.165) is 23.9 Å². The van der Waals surface area contributed by atoms with Crippen molar-refractivity contribution < 1.29 is 14.7 Å². The molecule has 2 amide bonds. The molecule has 4 rings (SSSR count). The molecule has 3 aromatic rings. The third-order valence-corrected chi connectivity index (χ3v) is 6.58. The minimum absolute atomic E-state index is 0.222. The third-order valence-electron chi connectivity index (χ3n) is 6.58. The van der Waals surface area contributed by atoms with Crippen LogP contribution in [-0.4, -0.2) is 53.1 Å². The molecule has 0 radical (unpaired) electrons. The molecule has 1 heterocycles. The summed E-state index contributed by atoms with van der Waals surface area (Å²) in [5.74, 6) is -0.288. The van der Waals surface area contributed by atoms with Crippen LogP contribution in [0.2, 0.25) is 0 Å². The summed E-state index contributed by atoms with van der Waals surface area (Å²) in [5, 5.41) is 18.7. The van der Waals surface area contributed by atoms with E-state index in [1.807, 2.05) is 68.4 Å². The SMILES string of the molecule is CC(C)C[C@H](NC(=O)c1ccc2ccccc2c1)C(=O)NC1CCN(Cc2ccccc2)CC1O. The molecule has 6 nitrogen and oxygen atoms in total. The van der Waals surface area contributed by atoms with Gasteiger partial charge in [0.1, 0.15) is 6.04 Å². The molecular formula is C29H35N3O3. The number of aliphatic hydroxyl groups is 1. The van der Waals surface area contributed by atoms with E-state index in [2.05, 4.69) is 27.7 Å². The molecule has 184 valence electrons. The highest BCUT2D eigenvalue weighted by Crippen LogP contribution is 2.18. The summed E-state index contributed by atoms with van der Waals surface area (Å²) in [6, 6.07) is 22.6. The second-order valence-corrected chi connectivity index (χ2v) is 9.91. The lowest BCUT2D eigenvalue weighted by molar-refractivity contribution is -0.125. The monoisotopic (exact) mass is 473 g/mol. The number of nitrogens with zero attached hydrogens (tertiary/aromatic N) is 1. The van der Waals surface area contributed by atoms with Crippen LogP contribution in [0.5, 0.6) is 0 Å². The smallest absolute Gasteiger partial charge is 0.251 e. The fourth-order valence-corrected chi connectivity index (χ4v) is 4.71. The van der Waals surface area contributed by atoms with E-state index in [0.29, 0.717) is 24.9 Å². The van der Waals surface area contributed by atoms with Gasteiger partial charge in [0, 0.05) is 25.2 Å². The molecule has 3 aromatic carbocycles. The molecule has 0 aliphatic carbocycles. The third kappa shape index (κ3) is 6.68. The van der Waals surface area contributed by atoms with E-state index in [1.165, 1.54) is 5.56 Å². The van der Waals surface area contributed by atoms with Gasteiger partial charge in [-0.05, 0) is 47.2 Å². The number of hydrogen-bond acceptors (Lipinski definition) is 4. The van der Waals surface area contributed by atoms with Gasteiger partial charge in [-0.3, -0.25) is 14.5 Å². The van der Waals surface area contributed by atoms with Crippen molar-refractivity contribution in [1.82, 2.24) is 15.5 Å². The largest absolute Gasteiger partial charge is 0.390 e. The quantitative estimate of drug-likeness (QED) is 0.466. The summed E-state index contributed by atoms with van der Waals surface area (Å²) in [7, 11) is 0. The van der Waals surface area contributed by atoms with E-state index in [4.69, 9.17) is 0 Å². The molecule has 35 heavy (non-hydrogen) atoms. The summed E-state index contributed by atoms with van der Waals surface area (Å²) in [6.45, 7) is 6.11. The zero-order chi connectivity index (χ0) is 24.8. The van der Waals surface area contributed by atoms with Gasteiger partial charge in [0.25, 0.3) is 5.91 Å². The zero-order valence-corrected chi connectivity index (χ0v) is 20.5. The van der Waals surface area contributed by atoms with Crippen LogP contribution in [0, 0.1) is 5.92 Å². The van der Waals surface area contributed by atoms with Crippen molar-refractivity contribution in [1.29, 1.82) is 0 Å². The van der Waals surface area contributed by atoms with Crippen LogP contribution in [0.25, 0.3) is 10.8 Å². The van der Waals surface area contributed by atoms with Crippen LogP contribution in [0.3, 0.4) is 0 Å². The maximum absolute atomic E-state index is 13.2. The van der Waals surface area contributed by atoms with E-state index in [-0.39, 0.29) is 23.8 Å². The molecule has 0 spiro atoms. The Morgan fingerprint density at radius 2 is 1.71 bits per heavy atom. The first-order valence-electron chi connectivity index (χ1n) is 12.4. The number of carbonyl (C=O) groups is 2. The molecule has 1 aliphatic heterocycles. The Bertz CT molecular complexity index is 1150. The second kappa shape index (κ2) is 11.5. The van der Waals surface area contributed by atoms with Crippen LogP contribution in [0.1, 0.15) is 42.6 Å². The number of rotatable bonds is 8. The number of piperidine rings is 1. The van der Waals surface area contributed by atoms with Gasteiger partial charge in [-0.1, -0.05) is 74.5 Å². The van der Waals surface area contributed by atoms with Gasteiger partial charge < -0.3 is 15.7 Å². The average molecular weight is 474 g/mol. The van der Waals surface area contributed by atoms with Gasteiger partial charge in [0.05, 0.1) is 12.1 Å². The number of nitrogens with one attached hydrogen (secondary N) is 2. The standard InChI is InChI=1S/C29H35N3O3/c1-20(2)16-26(31-28(34)24-13-12-22-10-6-7-11-23(22)17-24)29(35)30-25-14-15-32(19-27(25)33)18-21-8-4-3-5-9-21/h3-13,17,20,25-27,33H,14-16,18-19H2,1-2H3,(H,30,35)(H,31,34)/t25?,26-,27?/m0/s1. The molecule has 2 unspecified atom stereocenters. The van der Waals surface area contributed by atoms with Crippen molar-refractivity contribution in [2.24, 2.45) is 5.92 Å². The molecule has 0 saturated carbocycles. The summed E-state index contributed by atoms with van der Waals surface area (Å²) < 4.78 is 0.